The maximum atomic E-state index is 11.3. The molecule has 2 aromatic carbocycles. The molecule has 4 bridgehead atoms. The Labute approximate surface area is 244 Å². The summed E-state index contributed by atoms with van der Waals surface area (Å²) in [6.07, 6.45) is 9.53. The Kier molecular flexibility index (Phi) is 4.49. The fourth-order valence-electron chi connectivity index (χ4n) is 10.8. The molecule has 0 unspecified atom stereocenters. The van der Waals surface area contributed by atoms with Crippen molar-refractivity contribution >= 4 is 0 Å². The van der Waals surface area contributed by atoms with Crippen LogP contribution >= 0.6 is 0 Å². The molecule has 0 saturated carbocycles. The minimum atomic E-state index is -0.726. The summed E-state index contributed by atoms with van der Waals surface area (Å²) in [6.45, 7) is 1.88. The van der Waals surface area contributed by atoms with Gasteiger partial charge in [-0.1, -0.05) is 30.4 Å². The van der Waals surface area contributed by atoms with E-state index in [1.807, 2.05) is 18.2 Å². The molecule has 3 N–H and O–H groups in total. The van der Waals surface area contributed by atoms with Crippen LogP contribution in [0.25, 0.3) is 0 Å². The number of nitrogens with zero attached hydrogens (tertiary/aromatic N) is 2. The van der Waals surface area contributed by atoms with Gasteiger partial charge in [-0.05, 0) is 64.5 Å². The quantitative estimate of drug-likeness (QED) is 0.477. The number of phenolic OH excluding ortho intramolecular Hbond substituents is 1. The van der Waals surface area contributed by atoms with Crippen molar-refractivity contribution in [3.05, 3.63) is 64.8 Å². The first-order valence-corrected chi connectivity index (χ1v) is 15.5. The SMILES string of the molecule is CN1CC[C@]23c4c5ccc(Oc6cc(O)c7c8c6C[C@@H]6[C@@H]9C=C[C@H](O)[C@H](O7)[C@]89CCN6C)c4O[C@H]2[C@@H](O)C=C[C@H]3[C@H]1C5. The monoisotopic (exact) mass is 568 g/mol. The average molecular weight is 569 g/mol. The maximum Gasteiger partial charge on any atom is 0.169 e. The molecule has 4 heterocycles. The summed E-state index contributed by atoms with van der Waals surface area (Å²) < 4.78 is 20.0. The summed E-state index contributed by atoms with van der Waals surface area (Å²) in [5.74, 6) is 3.04. The lowest BCUT2D eigenvalue weighted by Crippen LogP contribution is -2.64. The fraction of sp³-hybridized carbons (Fsp3) is 0.529. The Morgan fingerprint density at radius 1 is 0.786 bits per heavy atom. The number of likely N-dealkylation sites (N-methyl/N-ethyl adjacent to an activating group) is 2. The number of aliphatic hydroxyl groups is 2. The summed E-state index contributed by atoms with van der Waals surface area (Å²) in [5, 5.41) is 33.5. The van der Waals surface area contributed by atoms with Gasteiger partial charge < -0.3 is 39.3 Å². The van der Waals surface area contributed by atoms with Crippen LogP contribution in [0.15, 0.2) is 42.5 Å². The normalized spacial score (nSPS) is 43.0. The van der Waals surface area contributed by atoms with Gasteiger partial charge >= 0.3 is 0 Å². The molecule has 8 heteroatoms. The molecule has 0 amide bonds. The van der Waals surface area contributed by atoms with Crippen molar-refractivity contribution in [2.45, 2.75) is 73.0 Å². The largest absolute Gasteiger partial charge is 0.504 e. The third-order valence-electron chi connectivity index (χ3n) is 12.6. The Morgan fingerprint density at radius 3 is 2.10 bits per heavy atom. The van der Waals surface area contributed by atoms with Crippen LogP contribution in [0.3, 0.4) is 0 Å². The number of aliphatic hydroxyl groups excluding tert-OH is 2. The molecule has 2 aromatic rings. The lowest BCUT2D eigenvalue weighted by Gasteiger charge is -2.56. The standard InChI is InChI=1S/C34H36N2O6/c1-35-11-9-33-18-4-6-22(37)31(33)42-30-25(8-3-16(27(30)33)13-20(18)35)40-26-15-24(39)29-28-17(26)14-21-19-5-7-23(38)32(41-29)34(19,28)10-12-36(21)2/h3-8,15,18-23,31-32,37-39H,9-14H2,1-2H3/t18-,19-,20+,21+,22-,23-,31-,32-,33-,34-/m0/s1. The van der Waals surface area contributed by atoms with Crippen molar-refractivity contribution in [1.82, 2.24) is 9.80 Å². The highest BCUT2D eigenvalue weighted by Crippen LogP contribution is 2.66. The second kappa shape index (κ2) is 7.72. The molecule has 2 spiro atoms. The van der Waals surface area contributed by atoms with E-state index < -0.39 is 23.7 Å². The first-order chi connectivity index (χ1) is 20.3. The van der Waals surface area contributed by atoms with E-state index in [-0.39, 0.29) is 35.1 Å². The minimum Gasteiger partial charge on any atom is -0.504 e. The highest BCUT2D eigenvalue weighted by molar-refractivity contribution is 5.68. The minimum absolute atomic E-state index is 0.0521. The van der Waals surface area contributed by atoms with Crippen molar-refractivity contribution < 1.29 is 29.5 Å². The van der Waals surface area contributed by atoms with Gasteiger partial charge in [0.15, 0.2) is 23.0 Å². The third-order valence-corrected chi connectivity index (χ3v) is 12.6. The molecule has 10 atom stereocenters. The Bertz CT molecular complexity index is 1640. The molecule has 218 valence electrons. The van der Waals surface area contributed by atoms with E-state index in [9.17, 15) is 15.3 Å². The Balaban J connectivity index is 1.14. The molecule has 42 heavy (non-hydrogen) atoms. The summed E-state index contributed by atoms with van der Waals surface area (Å²) in [6, 6.07) is 6.52. The maximum absolute atomic E-state index is 11.3. The van der Waals surface area contributed by atoms with Gasteiger partial charge in [-0.2, -0.15) is 0 Å². The molecule has 8 nitrogen and oxygen atoms in total. The van der Waals surface area contributed by atoms with E-state index >= 15 is 0 Å². The molecule has 2 fully saturated rings. The number of benzene rings is 2. The van der Waals surface area contributed by atoms with Crippen LogP contribution in [-0.2, 0) is 23.7 Å². The number of piperidine rings is 2. The summed E-state index contributed by atoms with van der Waals surface area (Å²) in [5.41, 5.74) is 3.90. The molecule has 2 saturated heterocycles. The van der Waals surface area contributed by atoms with E-state index in [0.29, 0.717) is 23.3 Å². The number of ether oxygens (including phenoxy) is 3. The fourth-order valence-corrected chi connectivity index (χ4v) is 10.8. The number of phenols is 1. The number of hydrogen-bond donors (Lipinski definition) is 3. The van der Waals surface area contributed by atoms with Gasteiger partial charge in [0, 0.05) is 57.5 Å². The Hall–Kier alpha value is -3.04. The lowest BCUT2D eigenvalue weighted by atomic mass is 9.53. The number of hydrogen-bond acceptors (Lipinski definition) is 8. The molecule has 0 aromatic heterocycles. The van der Waals surface area contributed by atoms with Crippen molar-refractivity contribution in [1.29, 1.82) is 0 Å². The summed E-state index contributed by atoms with van der Waals surface area (Å²) in [4.78, 5) is 4.88. The third kappa shape index (κ3) is 2.59. The predicted molar refractivity (Wildman–Crippen MR) is 154 cm³/mol. The summed E-state index contributed by atoms with van der Waals surface area (Å²) in [7, 11) is 4.39. The van der Waals surface area contributed by atoms with Gasteiger partial charge in [-0.25, -0.2) is 0 Å². The molecule has 0 radical (unpaired) electrons. The molecule has 4 aliphatic heterocycles. The average Bonchev–Trinajstić information content (AvgIpc) is 3.52. The molecule has 4 aliphatic carbocycles. The van der Waals surface area contributed by atoms with E-state index in [4.69, 9.17) is 14.2 Å². The smallest absolute Gasteiger partial charge is 0.169 e. The van der Waals surface area contributed by atoms with Crippen LogP contribution in [0.4, 0.5) is 0 Å². The van der Waals surface area contributed by atoms with Crippen molar-refractivity contribution in [2.24, 2.45) is 11.8 Å². The second-order valence-electron chi connectivity index (χ2n) is 14.1. The molecule has 8 aliphatic rings. The van der Waals surface area contributed by atoms with Crippen LogP contribution < -0.4 is 14.2 Å². The van der Waals surface area contributed by atoms with Gasteiger partial charge in [0.2, 0.25) is 0 Å². The van der Waals surface area contributed by atoms with Gasteiger partial charge in [0.1, 0.15) is 30.2 Å². The number of aromatic hydroxyl groups is 1. The van der Waals surface area contributed by atoms with Gasteiger partial charge in [0.25, 0.3) is 0 Å². The second-order valence-corrected chi connectivity index (χ2v) is 14.1. The van der Waals surface area contributed by atoms with Gasteiger partial charge in [-0.3, -0.25) is 0 Å². The molecule has 10 rings (SSSR count). The zero-order valence-electron chi connectivity index (χ0n) is 23.9. The van der Waals surface area contributed by atoms with Gasteiger partial charge in [0.05, 0.1) is 0 Å². The predicted octanol–water partition coefficient (Wildman–Crippen LogP) is 2.80. The van der Waals surface area contributed by atoms with Crippen LogP contribution in [0, 0.1) is 11.8 Å². The van der Waals surface area contributed by atoms with E-state index in [1.165, 1.54) is 11.1 Å². The van der Waals surface area contributed by atoms with Crippen LogP contribution in [-0.4, -0.2) is 88.8 Å². The van der Waals surface area contributed by atoms with Crippen molar-refractivity contribution in [3.8, 4) is 28.7 Å². The Morgan fingerprint density at radius 2 is 1.40 bits per heavy atom. The highest BCUT2D eigenvalue weighted by atomic mass is 16.5. The highest BCUT2D eigenvalue weighted by Gasteiger charge is 2.66. The lowest BCUT2D eigenvalue weighted by molar-refractivity contribution is -0.0457. The number of rotatable bonds is 2. The van der Waals surface area contributed by atoms with Gasteiger partial charge in [-0.15, -0.1) is 0 Å². The van der Waals surface area contributed by atoms with Crippen LogP contribution in [0.1, 0.15) is 35.1 Å². The zero-order chi connectivity index (χ0) is 28.3. The molecular formula is C34H36N2O6. The van der Waals surface area contributed by atoms with Crippen LogP contribution in [0.5, 0.6) is 28.7 Å². The number of likely N-dealkylation sites (tertiary alicyclic amines) is 2. The van der Waals surface area contributed by atoms with Crippen LogP contribution in [0.2, 0.25) is 0 Å². The van der Waals surface area contributed by atoms with E-state index in [0.717, 1.165) is 55.6 Å². The van der Waals surface area contributed by atoms with E-state index in [1.54, 1.807) is 6.07 Å². The van der Waals surface area contributed by atoms with Crippen molar-refractivity contribution in [3.63, 3.8) is 0 Å². The first kappa shape index (κ1) is 24.4. The topological polar surface area (TPSA) is 94.9 Å². The first-order valence-electron chi connectivity index (χ1n) is 15.5. The van der Waals surface area contributed by atoms with Crippen molar-refractivity contribution in [2.75, 3.05) is 27.2 Å². The zero-order valence-corrected chi connectivity index (χ0v) is 23.9. The van der Waals surface area contributed by atoms with E-state index in [2.05, 4.69) is 42.1 Å². The molecular weight excluding hydrogens is 532 g/mol. The summed E-state index contributed by atoms with van der Waals surface area (Å²) >= 11 is 0.